The molecule has 0 bridgehead atoms. The van der Waals surface area contributed by atoms with Crippen molar-refractivity contribution in [2.45, 2.75) is 0 Å². The van der Waals surface area contributed by atoms with Gasteiger partial charge in [0.15, 0.2) is 0 Å². The molecule has 0 unspecified atom stereocenters. The zero-order valence-electron chi connectivity index (χ0n) is 7.90. The number of nitrogens with two attached hydrogens (primary N) is 2. The minimum Gasteiger partial charge on any atom is -0.369 e. The molecular weight excluding hydrogens is 174 g/mol. The summed E-state index contributed by atoms with van der Waals surface area (Å²) in [5, 5.41) is 13.1. The Labute approximate surface area is 76.5 Å². The molecule has 8 heteroatoms. The smallest absolute Gasteiger partial charge is 0.239 e. The van der Waals surface area contributed by atoms with Crippen LogP contribution in [0.1, 0.15) is 0 Å². The number of nitrogens with zero attached hydrogens (tertiary/aromatic N) is 3. The van der Waals surface area contributed by atoms with Crippen molar-refractivity contribution in [2.24, 2.45) is 16.6 Å². The molecule has 0 atom stereocenters. The number of rotatable bonds is 3. The molecule has 0 aromatic heterocycles. The van der Waals surface area contributed by atoms with E-state index in [0.717, 1.165) is 0 Å². The Balaban J connectivity index is 4.12. The molecule has 0 fully saturated rings. The van der Waals surface area contributed by atoms with Crippen LogP contribution >= 0.6 is 0 Å². The highest BCUT2D eigenvalue weighted by atomic mass is 16.7. The van der Waals surface area contributed by atoms with Crippen LogP contribution in [0, 0.1) is 5.41 Å². The highest BCUT2D eigenvalue weighted by Gasteiger charge is 2.01. The summed E-state index contributed by atoms with van der Waals surface area (Å²) < 4.78 is 0. The Morgan fingerprint density at radius 1 is 1.46 bits per heavy atom. The Morgan fingerprint density at radius 3 is 2.38 bits per heavy atom. The SMILES string of the molecule is CON(C)C(N)=NN(C)NC(=N)N. The molecule has 0 aliphatic carbocycles. The summed E-state index contributed by atoms with van der Waals surface area (Å²) in [6, 6.07) is 0. The van der Waals surface area contributed by atoms with Crippen LogP contribution in [0.3, 0.4) is 0 Å². The molecule has 0 saturated heterocycles. The summed E-state index contributed by atoms with van der Waals surface area (Å²) in [5.41, 5.74) is 12.9. The van der Waals surface area contributed by atoms with Crippen molar-refractivity contribution in [1.82, 2.24) is 15.6 Å². The van der Waals surface area contributed by atoms with Crippen molar-refractivity contribution in [1.29, 1.82) is 5.41 Å². The fourth-order valence-electron chi connectivity index (χ4n) is 0.510. The lowest BCUT2D eigenvalue weighted by molar-refractivity contribution is -0.0447. The van der Waals surface area contributed by atoms with Crippen LogP contribution in [0.5, 0.6) is 0 Å². The normalized spacial score (nSPS) is 10.8. The van der Waals surface area contributed by atoms with Gasteiger partial charge in [-0.25, -0.2) is 10.2 Å². The maximum atomic E-state index is 6.89. The molecule has 0 aromatic rings. The van der Waals surface area contributed by atoms with Crippen LogP contribution in [0.25, 0.3) is 0 Å². The number of hydrogen-bond acceptors (Lipinski definition) is 4. The zero-order chi connectivity index (χ0) is 10.4. The van der Waals surface area contributed by atoms with Crippen molar-refractivity contribution in [3.63, 3.8) is 0 Å². The van der Waals surface area contributed by atoms with E-state index in [9.17, 15) is 0 Å². The van der Waals surface area contributed by atoms with E-state index in [1.807, 2.05) is 0 Å². The van der Waals surface area contributed by atoms with Gasteiger partial charge < -0.3 is 11.5 Å². The van der Waals surface area contributed by atoms with Gasteiger partial charge in [-0.05, 0) is 0 Å². The number of guanidine groups is 2. The Morgan fingerprint density at radius 2 is 2.00 bits per heavy atom. The van der Waals surface area contributed by atoms with E-state index in [4.69, 9.17) is 21.7 Å². The topological polar surface area (TPSA) is 116 Å². The molecule has 0 aliphatic heterocycles. The molecule has 0 spiro atoms. The first-order valence-electron chi connectivity index (χ1n) is 3.43. The first kappa shape index (κ1) is 11.3. The predicted octanol–water partition coefficient (Wildman–Crippen LogP) is -1.96. The highest BCUT2D eigenvalue weighted by molar-refractivity contribution is 5.77. The number of hydrogen-bond donors (Lipinski definition) is 4. The van der Waals surface area contributed by atoms with Crippen LogP contribution in [-0.2, 0) is 4.84 Å². The van der Waals surface area contributed by atoms with Crippen molar-refractivity contribution >= 4 is 11.9 Å². The summed E-state index contributed by atoms with van der Waals surface area (Å²) in [6.45, 7) is 0. The molecule has 0 radical (unpaired) electrons. The molecule has 0 aliphatic rings. The second-order valence-electron chi connectivity index (χ2n) is 2.19. The predicted molar refractivity (Wildman–Crippen MR) is 49.2 cm³/mol. The minimum atomic E-state index is -0.223. The molecule has 6 N–H and O–H groups in total. The maximum Gasteiger partial charge on any atom is 0.239 e. The second-order valence-corrected chi connectivity index (χ2v) is 2.19. The summed E-state index contributed by atoms with van der Waals surface area (Å²) in [4.78, 5) is 4.76. The summed E-state index contributed by atoms with van der Waals surface area (Å²) in [6.07, 6.45) is 0. The first-order valence-corrected chi connectivity index (χ1v) is 3.43. The van der Waals surface area contributed by atoms with Crippen LogP contribution < -0.4 is 16.9 Å². The van der Waals surface area contributed by atoms with E-state index < -0.39 is 0 Å². The molecular formula is C5H15N7O. The first-order chi connectivity index (χ1) is 5.97. The highest BCUT2D eigenvalue weighted by Crippen LogP contribution is 1.83. The van der Waals surface area contributed by atoms with Gasteiger partial charge in [0.1, 0.15) is 0 Å². The number of hydroxylamine groups is 2. The third-order valence-corrected chi connectivity index (χ3v) is 1.13. The van der Waals surface area contributed by atoms with Gasteiger partial charge in [0, 0.05) is 14.1 Å². The second kappa shape index (κ2) is 5.04. The van der Waals surface area contributed by atoms with Crippen LogP contribution in [-0.4, -0.2) is 43.3 Å². The molecule has 0 rings (SSSR count). The molecule has 13 heavy (non-hydrogen) atoms. The average Bonchev–Trinajstić information content (AvgIpc) is 2.01. The Bertz CT molecular complexity index is 203. The molecule has 8 nitrogen and oxygen atoms in total. The van der Waals surface area contributed by atoms with Gasteiger partial charge in [-0.15, -0.1) is 5.10 Å². The van der Waals surface area contributed by atoms with Crippen molar-refractivity contribution in [2.75, 3.05) is 21.2 Å². The van der Waals surface area contributed by atoms with Gasteiger partial charge in [-0.1, -0.05) is 0 Å². The summed E-state index contributed by atoms with van der Waals surface area (Å²) >= 11 is 0. The van der Waals surface area contributed by atoms with Gasteiger partial charge in [0.2, 0.25) is 11.9 Å². The number of hydrazone groups is 1. The van der Waals surface area contributed by atoms with Gasteiger partial charge in [-0.3, -0.25) is 15.7 Å². The Kier molecular flexibility index (Phi) is 4.38. The summed E-state index contributed by atoms with van der Waals surface area (Å²) in [7, 11) is 4.61. The van der Waals surface area contributed by atoms with Crippen molar-refractivity contribution in [3.8, 4) is 0 Å². The third-order valence-electron chi connectivity index (χ3n) is 1.13. The molecule has 0 aromatic carbocycles. The van der Waals surface area contributed by atoms with Gasteiger partial charge in [-0.2, -0.15) is 0 Å². The summed E-state index contributed by atoms with van der Waals surface area (Å²) in [5.74, 6) is -0.0853. The van der Waals surface area contributed by atoms with Gasteiger partial charge in [0.25, 0.3) is 0 Å². The lowest BCUT2D eigenvalue weighted by Gasteiger charge is -2.18. The maximum absolute atomic E-state index is 6.89. The molecule has 0 amide bonds. The van der Waals surface area contributed by atoms with Gasteiger partial charge in [0.05, 0.1) is 7.11 Å². The monoisotopic (exact) mass is 189 g/mol. The average molecular weight is 189 g/mol. The minimum absolute atomic E-state index is 0.138. The fourth-order valence-corrected chi connectivity index (χ4v) is 0.510. The lowest BCUT2D eigenvalue weighted by Crippen LogP contribution is -2.43. The zero-order valence-corrected chi connectivity index (χ0v) is 7.90. The molecule has 0 saturated carbocycles. The van der Waals surface area contributed by atoms with E-state index in [2.05, 4.69) is 10.5 Å². The third kappa shape index (κ3) is 4.69. The van der Waals surface area contributed by atoms with E-state index in [1.54, 1.807) is 14.1 Å². The van der Waals surface area contributed by atoms with Crippen molar-refractivity contribution in [3.05, 3.63) is 0 Å². The quantitative estimate of drug-likeness (QED) is 0.233. The van der Waals surface area contributed by atoms with E-state index in [-0.39, 0.29) is 11.9 Å². The Hall–Kier alpha value is -1.70. The largest absolute Gasteiger partial charge is 0.369 e. The van der Waals surface area contributed by atoms with Gasteiger partial charge >= 0.3 is 0 Å². The fraction of sp³-hybridized carbons (Fsp3) is 0.600. The number of hydrazine groups is 1. The van der Waals surface area contributed by atoms with Crippen LogP contribution in [0.2, 0.25) is 0 Å². The van der Waals surface area contributed by atoms with Crippen LogP contribution in [0.4, 0.5) is 0 Å². The van der Waals surface area contributed by atoms with Crippen molar-refractivity contribution < 1.29 is 4.84 Å². The van der Waals surface area contributed by atoms with E-state index in [1.165, 1.54) is 17.3 Å². The lowest BCUT2D eigenvalue weighted by atomic mass is 10.9. The molecule has 76 valence electrons. The van der Waals surface area contributed by atoms with E-state index in [0.29, 0.717) is 0 Å². The molecule has 0 heterocycles. The van der Waals surface area contributed by atoms with E-state index >= 15 is 0 Å². The van der Waals surface area contributed by atoms with Crippen LogP contribution in [0.15, 0.2) is 5.10 Å². The number of nitrogens with one attached hydrogen (secondary N) is 2. The standard InChI is InChI=1S/C5H15N7O/c1-11(13-3)5(8)10-12(2)9-4(6)7/h1-3H3,(H2,8,10)(H4,6,7,9).